The van der Waals surface area contributed by atoms with E-state index in [2.05, 4.69) is 11.9 Å². The fourth-order valence-electron chi connectivity index (χ4n) is 2.52. The lowest BCUT2D eigenvalue weighted by Crippen LogP contribution is -2.32. The predicted octanol–water partition coefficient (Wildman–Crippen LogP) is 1.13. The Labute approximate surface area is 120 Å². The monoisotopic (exact) mass is 293 g/mol. The van der Waals surface area contributed by atoms with Crippen molar-refractivity contribution in [2.75, 3.05) is 33.7 Å². The highest BCUT2D eigenvalue weighted by Crippen LogP contribution is 2.20. The Kier molecular flexibility index (Phi) is 4.43. The molecule has 1 aliphatic heterocycles. The maximum Gasteiger partial charge on any atom is 0.242 e. The van der Waals surface area contributed by atoms with Gasteiger partial charge in [-0.15, -0.1) is 0 Å². The molecule has 1 unspecified atom stereocenters. The minimum atomic E-state index is -3.46. The number of rotatable bonds is 4. The summed E-state index contributed by atoms with van der Waals surface area (Å²) in [6.45, 7) is 2.50. The molecule has 20 heavy (non-hydrogen) atoms. The smallest absolute Gasteiger partial charge is 0.242 e. The average molecular weight is 293 g/mol. The van der Waals surface area contributed by atoms with Gasteiger partial charge in [-0.1, -0.05) is 0 Å². The summed E-state index contributed by atoms with van der Waals surface area (Å²) in [4.78, 5) is 2.46. The van der Waals surface area contributed by atoms with Crippen molar-refractivity contribution in [3.05, 3.63) is 29.8 Å². The van der Waals surface area contributed by atoms with Crippen molar-refractivity contribution < 1.29 is 8.42 Å². The van der Waals surface area contributed by atoms with Gasteiger partial charge in [-0.05, 0) is 50.2 Å². The van der Waals surface area contributed by atoms with Crippen LogP contribution in [0.2, 0.25) is 0 Å². The van der Waals surface area contributed by atoms with Crippen LogP contribution in [0.1, 0.15) is 12.0 Å². The molecule has 0 aliphatic carbocycles. The van der Waals surface area contributed by atoms with Gasteiger partial charge in [0.15, 0.2) is 0 Å². The quantitative estimate of drug-likeness (QED) is 0.835. The first-order valence-electron chi connectivity index (χ1n) is 6.58. The minimum Gasteiger partial charge on any atom is -0.306 e. The summed E-state index contributed by atoms with van der Waals surface area (Å²) in [5, 5.41) is 8.74. The van der Waals surface area contributed by atoms with Crippen LogP contribution >= 0.6 is 0 Å². The zero-order valence-corrected chi connectivity index (χ0v) is 12.6. The molecular formula is C14H19N3O2S. The normalized spacial score (nSPS) is 20.2. The molecule has 6 heteroatoms. The van der Waals surface area contributed by atoms with Crippen LogP contribution in [0, 0.1) is 17.2 Å². The Balaban J connectivity index is 2.10. The maximum atomic E-state index is 12.4. The standard InChI is InChI=1S/C14H19N3O2S/c1-16-8-7-13(10-16)11-17(2)20(18,19)14-5-3-12(9-15)4-6-14/h3-6,13H,7-8,10-11H2,1-2H3. The summed E-state index contributed by atoms with van der Waals surface area (Å²) in [7, 11) is 0.204. The Bertz CT molecular complexity index is 604. The van der Waals surface area contributed by atoms with Gasteiger partial charge in [0.05, 0.1) is 16.5 Å². The number of benzene rings is 1. The van der Waals surface area contributed by atoms with Crippen LogP contribution in [-0.2, 0) is 10.0 Å². The van der Waals surface area contributed by atoms with Crippen LogP contribution in [0.4, 0.5) is 0 Å². The molecule has 1 aromatic carbocycles. The van der Waals surface area contributed by atoms with Crippen molar-refractivity contribution in [1.29, 1.82) is 5.26 Å². The van der Waals surface area contributed by atoms with Crippen molar-refractivity contribution >= 4 is 10.0 Å². The fourth-order valence-corrected chi connectivity index (χ4v) is 3.77. The van der Waals surface area contributed by atoms with Crippen LogP contribution in [0.5, 0.6) is 0 Å². The van der Waals surface area contributed by atoms with E-state index in [4.69, 9.17) is 5.26 Å². The number of hydrogen-bond acceptors (Lipinski definition) is 4. The number of nitriles is 1. The summed E-state index contributed by atoms with van der Waals surface area (Å²) >= 11 is 0. The average Bonchev–Trinajstić information content (AvgIpc) is 2.84. The molecule has 0 spiro atoms. The molecule has 2 rings (SSSR count). The van der Waals surface area contributed by atoms with E-state index >= 15 is 0 Å². The molecule has 1 atom stereocenters. The Morgan fingerprint density at radius 1 is 1.40 bits per heavy atom. The van der Waals surface area contributed by atoms with Gasteiger partial charge in [0.1, 0.15) is 0 Å². The van der Waals surface area contributed by atoms with Gasteiger partial charge in [0, 0.05) is 20.1 Å². The van der Waals surface area contributed by atoms with Crippen LogP contribution in [0.3, 0.4) is 0 Å². The van der Waals surface area contributed by atoms with Crippen molar-refractivity contribution in [2.24, 2.45) is 5.92 Å². The van der Waals surface area contributed by atoms with Gasteiger partial charge in [-0.25, -0.2) is 12.7 Å². The highest BCUT2D eigenvalue weighted by atomic mass is 32.2. The van der Waals surface area contributed by atoms with E-state index in [1.807, 2.05) is 6.07 Å². The molecule has 108 valence electrons. The maximum absolute atomic E-state index is 12.4. The van der Waals surface area contributed by atoms with Gasteiger partial charge >= 0.3 is 0 Å². The number of hydrogen-bond donors (Lipinski definition) is 0. The molecule has 0 N–H and O–H groups in total. The second-order valence-electron chi connectivity index (χ2n) is 5.34. The van der Waals surface area contributed by atoms with Crippen LogP contribution in [-0.4, -0.2) is 51.4 Å². The van der Waals surface area contributed by atoms with Crippen LogP contribution in [0.15, 0.2) is 29.2 Å². The molecule has 1 fully saturated rings. The third kappa shape index (κ3) is 3.18. The fraction of sp³-hybridized carbons (Fsp3) is 0.500. The first-order chi connectivity index (χ1) is 9.43. The van der Waals surface area contributed by atoms with Gasteiger partial charge in [-0.3, -0.25) is 0 Å². The highest BCUT2D eigenvalue weighted by Gasteiger charge is 2.27. The Hall–Kier alpha value is -1.42. The van der Waals surface area contributed by atoms with E-state index in [1.54, 1.807) is 7.05 Å². The van der Waals surface area contributed by atoms with E-state index < -0.39 is 10.0 Å². The van der Waals surface area contributed by atoms with E-state index in [1.165, 1.54) is 28.6 Å². The number of nitrogens with zero attached hydrogens (tertiary/aromatic N) is 3. The SMILES string of the molecule is CN1CCC(CN(C)S(=O)(=O)c2ccc(C#N)cc2)C1. The first-order valence-corrected chi connectivity index (χ1v) is 8.02. The zero-order valence-electron chi connectivity index (χ0n) is 11.8. The second kappa shape index (κ2) is 5.92. The number of sulfonamides is 1. The van der Waals surface area contributed by atoms with Gasteiger partial charge in [-0.2, -0.15) is 5.26 Å². The van der Waals surface area contributed by atoms with Crippen molar-refractivity contribution in [3.63, 3.8) is 0 Å². The van der Waals surface area contributed by atoms with Gasteiger partial charge in [0.25, 0.3) is 0 Å². The topological polar surface area (TPSA) is 64.4 Å². The van der Waals surface area contributed by atoms with E-state index in [9.17, 15) is 8.42 Å². The molecule has 0 aromatic heterocycles. The van der Waals surface area contributed by atoms with Crippen molar-refractivity contribution in [1.82, 2.24) is 9.21 Å². The van der Waals surface area contributed by atoms with E-state index in [-0.39, 0.29) is 4.90 Å². The summed E-state index contributed by atoms with van der Waals surface area (Å²) in [5.41, 5.74) is 0.462. The summed E-state index contributed by atoms with van der Waals surface area (Å²) in [5.74, 6) is 0.387. The molecule has 1 aromatic rings. The largest absolute Gasteiger partial charge is 0.306 e. The first kappa shape index (κ1) is 15.0. The highest BCUT2D eigenvalue weighted by molar-refractivity contribution is 7.89. The molecule has 0 saturated carbocycles. The number of likely N-dealkylation sites (tertiary alicyclic amines) is 1. The summed E-state index contributed by atoms with van der Waals surface area (Å²) in [6, 6.07) is 8.03. The second-order valence-corrected chi connectivity index (χ2v) is 7.38. The molecule has 0 bridgehead atoms. The third-order valence-corrected chi connectivity index (χ3v) is 5.53. The molecule has 1 aliphatic rings. The molecular weight excluding hydrogens is 274 g/mol. The predicted molar refractivity (Wildman–Crippen MR) is 76.6 cm³/mol. The van der Waals surface area contributed by atoms with Crippen molar-refractivity contribution in [3.8, 4) is 6.07 Å². The van der Waals surface area contributed by atoms with Crippen LogP contribution < -0.4 is 0 Å². The molecule has 1 saturated heterocycles. The lowest BCUT2D eigenvalue weighted by atomic mass is 10.1. The minimum absolute atomic E-state index is 0.241. The Morgan fingerprint density at radius 2 is 2.05 bits per heavy atom. The zero-order chi connectivity index (χ0) is 14.8. The lowest BCUT2D eigenvalue weighted by molar-refractivity contribution is 0.357. The van der Waals surface area contributed by atoms with E-state index in [0.717, 1.165) is 19.5 Å². The summed E-state index contributed by atoms with van der Waals surface area (Å²) < 4.78 is 26.3. The molecule has 0 radical (unpaired) electrons. The molecule has 0 amide bonds. The van der Waals surface area contributed by atoms with E-state index in [0.29, 0.717) is 18.0 Å². The summed E-state index contributed by atoms with van der Waals surface area (Å²) in [6.07, 6.45) is 1.03. The molecule has 5 nitrogen and oxygen atoms in total. The Morgan fingerprint density at radius 3 is 2.55 bits per heavy atom. The van der Waals surface area contributed by atoms with Crippen molar-refractivity contribution in [2.45, 2.75) is 11.3 Å². The lowest BCUT2D eigenvalue weighted by Gasteiger charge is -2.21. The third-order valence-electron chi connectivity index (χ3n) is 3.70. The van der Waals surface area contributed by atoms with Gasteiger partial charge < -0.3 is 4.90 Å². The van der Waals surface area contributed by atoms with Crippen LogP contribution in [0.25, 0.3) is 0 Å². The molecule has 1 heterocycles. The van der Waals surface area contributed by atoms with Gasteiger partial charge in [0.2, 0.25) is 10.0 Å².